The van der Waals surface area contributed by atoms with Crippen LogP contribution in [0.25, 0.3) is 0 Å². The Kier molecular flexibility index (Phi) is 4.79. The molecule has 2 fully saturated rings. The largest absolute Gasteiger partial charge is 0.385 e. The maximum absolute atomic E-state index is 10.6. The standard InChI is InChI=1S/C16H30O3Si/c1-12-10-13-6-7-14(15(13)16(12,2)17)19-11-18-8-9-20(3,4)5/h13-15,17H,1,6-11H2,2-5H3/t13-,14+,15+,16-/m1/s1. The summed E-state index contributed by atoms with van der Waals surface area (Å²) in [5.41, 5.74) is 0.213. The highest BCUT2D eigenvalue weighted by atomic mass is 28.3. The molecule has 4 atom stereocenters. The van der Waals surface area contributed by atoms with Crippen LogP contribution in [0.4, 0.5) is 0 Å². The van der Waals surface area contributed by atoms with Gasteiger partial charge in [0.05, 0.1) is 11.7 Å². The Labute approximate surface area is 124 Å². The van der Waals surface area contributed by atoms with E-state index in [4.69, 9.17) is 9.47 Å². The average molecular weight is 298 g/mol. The van der Waals surface area contributed by atoms with Gasteiger partial charge in [0.2, 0.25) is 0 Å². The summed E-state index contributed by atoms with van der Waals surface area (Å²) in [6.07, 6.45) is 3.25. The van der Waals surface area contributed by atoms with Crippen molar-refractivity contribution in [2.75, 3.05) is 13.4 Å². The van der Waals surface area contributed by atoms with Gasteiger partial charge in [-0.2, -0.15) is 0 Å². The minimum absolute atomic E-state index is 0.126. The van der Waals surface area contributed by atoms with Crippen LogP contribution < -0.4 is 0 Å². The van der Waals surface area contributed by atoms with Crippen molar-refractivity contribution in [2.24, 2.45) is 11.8 Å². The summed E-state index contributed by atoms with van der Waals surface area (Å²) in [5.74, 6) is 0.750. The first-order valence-electron chi connectivity index (χ1n) is 7.82. The second kappa shape index (κ2) is 5.91. The van der Waals surface area contributed by atoms with Crippen molar-refractivity contribution >= 4 is 8.07 Å². The monoisotopic (exact) mass is 298 g/mol. The molecule has 0 aliphatic heterocycles. The number of hydrogen-bond acceptors (Lipinski definition) is 3. The van der Waals surface area contributed by atoms with Crippen LogP contribution in [0.1, 0.15) is 26.2 Å². The van der Waals surface area contributed by atoms with Gasteiger partial charge < -0.3 is 14.6 Å². The highest BCUT2D eigenvalue weighted by Gasteiger charge is 2.53. The molecule has 3 nitrogen and oxygen atoms in total. The Morgan fingerprint density at radius 1 is 1.35 bits per heavy atom. The molecule has 2 saturated carbocycles. The van der Waals surface area contributed by atoms with Crippen LogP contribution in [0.15, 0.2) is 12.2 Å². The lowest BCUT2D eigenvalue weighted by Gasteiger charge is -2.31. The highest BCUT2D eigenvalue weighted by molar-refractivity contribution is 6.76. The summed E-state index contributed by atoms with van der Waals surface area (Å²) < 4.78 is 11.5. The van der Waals surface area contributed by atoms with Crippen LogP contribution in [0.5, 0.6) is 0 Å². The maximum Gasteiger partial charge on any atom is 0.147 e. The molecule has 20 heavy (non-hydrogen) atoms. The summed E-state index contributed by atoms with van der Waals surface area (Å²) in [6, 6.07) is 1.17. The summed E-state index contributed by atoms with van der Waals surface area (Å²) >= 11 is 0. The SMILES string of the molecule is C=C1C[C@H]2CC[C@H](OCOCC[Si](C)(C)C)[C@H]2[C@]1(C)O. The Hall–Kier alpha value is -0.163. The fraction of sp³-hybridized carbons (Fsp3) is 0.875. The lowest BCUT2D eigenvalue weighted by Crippen LogP contribution is -2.39. The van der Waals surface area contributed by atoms with Crippen molar-refractivity contribution in [1.29, 1.82) is 0 Å². The Morgan fingerprint density at radius 3 is 2.70 bits per heavy atom. The first-order valence-corrected chi connectivity index (χ1v) is 11.5. The molecule has 116 valence electrons. The molecular formula is C16H30O3Si. The third-order valence-corrected chi connectivity index (χ3v) is 6.67. The van der Waals surface area contributed by atoms with E-state index < -0.39 is 13.7 Å². The van der Waals surface area contributed by atoms with Crippen molar-refractivity contribution in [3.8, 4) is 0 Å². The van der Waals surface area contributed by atoms with Crippen LogP contribution >= 0.6 is 0 Å². The lowest BCUT2D eigenvalue weighted by molar-refractivity contribution is -0.121. The van der Waals surface area contributed by atoms with Crippen LogP contribution in [-0.2, 0) is 9.47 Å². The molecule has 1 N–H and O–H groups in total. The molecule has 0 radical (unpaired) electrons. The molecule has 0 amide bonds. The van der Waals surface area contributed by atoms with E-state index in [1.54, 1.807) is 0 Å². The van der Waals surface area contributed by atoms with Gasteiger partial charge in [-0.05, 0) is 43.7 Å². The first-order chi connectivity index (χ1) is 9.22. The molecule has 4 heteroatoms. The van der Waals surface area contributed by atoms with Gasteiger partial charge in [-0.1, -0.05) is 26.2 Å². The van der Waals surface area contributed by atoms with Crippen molar-refractivity contribution in [1.82, 2.24) is 0 Å². The van der Waals surface area contributed by atoms with Crippen LogP contribution in [-0.4, -0.2) is 38.3 Å². The van der Waals surface area contributed by atoms with Gasteiger partial charge in [-0.3, -0.25) is 0 Å². The maximum atomic E-state index is 10.6. The molecule has 0 spiro atoms. The number of rotatable bonds is 6. The van der Waals surface area contributed by atoms with Crippen LogP contribution in [0.2, 0.25) is 25.7 Å². The highest BCUT2D eigenvalue weighted by Crippen LogP contribution is 2.52. The van der Waals surface area contributed by atoms with E-state index in [1.165, 1.54) is 6.04 Å². The second-order valence-corrected chi connectivity index (χ2v) is 13.5. The van der Waals surface area contributed by atoms with Gasteiger partial charge in [0.15, 0.2) is 0 Å². The number of hydrogen-bond donors (Lipinski definition) is 1. The number of aliphatic hydroxyl groups is 1. The van der Waals surface area contributed by atoms with Gasteiger partial charge in [0, 0.05) is 20.6 Å². The Balaban J connectivity index is 1.76. The summed E-state index contributed by atoms with van der Waals surface area (Å²) in [4.78, 5) is 0. The number of ether oxygens (including phenoxy) is 2. The van der Waals surface area contributed by atoms with E-state index in [-0.39, 0.29) is 12.0 Å². The molecule has 0 unspecified atom stereocenters. The molecule has 0 bridgehead atoms. The number of fused-ring (bicyclic) bond motifs is 1. The predicted octanol–water partition coefficient (Wildman–Crippen LogP) is 3.42. The van der Waals surface area contributed by atoms with E-state index in [0.717, 1.165) is 31.4 Å². The average Bonchev–Trinajstić information content (AvgIpc) is 2.79. The van der Waals surface area contributed by atoms with Gasteiger partial charge >= 0.3 is 0 Å². The van der Waals surface area contributed by atoms with Crippen LogP contribution in [0.3, 0.4) is 0 Å². The third-order valence-electron chi connectivity index (χ3n) is 4.97. The summed E-state index contributed by atoms with van der Waals surface area (Å²) in [7, 11) is -1.02. The minimum atomic E-state index is -1.02. The molecule has 0 aromatic carbocycles. The Morgan fingerprint density at radius 2 is 2.05 bits per heavy atom. The van der Waals surface area contributed by atoms with Gasteiger partial charge in [-0.25, -0.2) is 0 Å². The fourth-order valence-corrected chi connectivity index (χ4v) is 4.37. The van der Waals surface area contributed by atoms with Crippen LogP contribution in [0, 0.1) is 11.8 Å². The molecular weight excluding hydrogens is 268 g/mol. The molecule has 0 heterocycles. The molecule has 0 aromatic rings. The van der Waals surface area contributed by atoms with Gasteiger partial charge in [0.1, 0.15) is 6.79 Å². The van der Waals surface area contributed by atoms with Crippen molar-refractivity contribution in [3.05, 3.63) is 12.2 Å². The third kappa shape index (κ3) is 3.53. The van der Waals surface area contributed by atoms with E-state index in [2.05, 4.69) is 26.2 Å². The molecule has 2 aliphatic rings. The zero-order chi connectivity index (χ0) is 15.0. The van der Waals surface area contributed by atoms with Gasteiger partial charge in [-0.15, -0.1) is 0 Å². The molecule has 0 saturated heterocycles. The van der Waals surface area contributed by atoms with E-state index in [1.807, 2.05) is 6.92 Å². The summed E-state index contributed by atoms with van der Waals surface area (Å²) in [6.45, 7) is 14.1. The topological polar surface area (TPSA) is 38.7 Å². The normalized spacial score (nSPS) is 37.5. The van der Waals surface area contributed by atoms with Crippen molar-refractivity contribution in [3.63, 3.8) is 0 Å². The molecule has 2 rings (SSSR count). The second-order valence-electron chi connectivity index (χ2n) is 7.86. The smallest absolute Gasteiger partial charge is 0.147 e. The zero-order valence-corrected chi connectivity index (χ0v) is 14.4. The zero-order valence-electron chi connectivity index (χ0n) is 13.4. The van der Waals surface area contributed by atoms with E-state index in [9.17, 15) is 5.11 Å². The van der Waals surface area contributed by atoms with E-state index in [0.29, 0.717) is 12.7 Å². The van der Waals surface area contributed by atoms with Crippen molar-refractivity contribution < 1.29 is 14.6 Å². The van der Waals surface area contributed by atoms with Gasteiger partial charge in [0.25, 0.3) is 0 Å². The predicted molar refractivity (Wildman–Crippen MR) is 84.4 cm³/mol. The fourth-order valence-electron chi connectivity index (χ4n) is 3.61. The molecule has 0 aromatic heterocycles. The first kappa shape index (κ1) is 16.2. The van der Waals surface area contributed by atoms with Crippen molar-refractivity contribution in [2.45, 2.75) is 63.6 Å². The lowest BCUT2D eigenvalue weighted by atomic mass is 9.86. The summed E-state index contributed by atoms with van der Waals surface area (Å²) in [5, 5.41) is 10.6. The van der Waals surface area contributed by atoms with E-state index >= 15 is 0 Å². The quantitative estimate of drug-likeness (QED) is 0.353. The minimum Gasteiger partial charge on any atom is -0.385 e. The Bertz CT molecular complexity index is 359. The molecule has 2 aliphatic carbocycles.